The molecule has 0 aliphatic rings. The molecule has 0 radical (unpaired) electrons. The van der Waals surface area contributed by atoms with Gasteiger partial charge in [-0.2, -0.15) is 0 Å². The van der Waals surface area contributed by atoms with Crippen LogP contribution in [0.4, 0.5) is 0 Å². The fourth-order valence-electron chi connectivity index (χ4n) is 1.25. The number of carboxylic acid groups (broad SMARTS) is 1. The molecule has 0 spiro atoms. The Morgan fingerprint density at radius 2 is 2.18 bits per heavy atom. The van der Waals surface area contributed by atoms with Gasteiger partial charge < -0.3 is 14.6 Å². The first kappa shape index (κ1) is 14.0. The number of hydrogen-bond acceptors (Lipinski definition) is 3. The highest BCUT2D eigenvalue weighted by Gasteiger charge is 2.09. The molecule has 0 saturated heterocycles. The zero-order valence-electron chi connectivity index (χ0n) is 9.61. The second kappa shape index (κ2) is 7.29. The Morgan fingerprint density at radius 1 is 1.41 bits per heavy atom. The van der Waals surface area contributed by atoms with E-state index in [0.717, 1.165) is 6.42 Å². The van der Waals surface area contributed by atoms with Gasteiger partial charge in [0.2, 0.25) is 0 Å². The quantitative estimate of drug-likeness (QED) is 0.787. The number of rotatable bonds is 7. The van der Waals surface area contributed by atoms with E-state index in [2.05, 4.69) is 15.9 Å². The van der Waals surface area contributed by atoms with Gasteiger partial charge in [0.25, 0.3) is 0 Å². The normalized spacial score (nSPS) is 10.2. The zero-order chi connectivity index (χ0) is 12.7. The highest BCUT2D eigenvalue weighted by molar-refractivity contribution is 9.10. The SMILES string of the molecule is CCOCCCOc1ccc(Br)c(C(=O)O)c1. The molecule has 4 nitrogen and oxygen atoms in total. The summed E-state index contributed by atoms with van der Waals surface area (Å²) in [5.74, 6) is -0.418. The molecule has 0 bridgehead atoms. The van der Waals surface area contributed by atoms with Crippen molar-refractivity contribution in [2.45, 2.75) is 13.3 Å². The lowest BCUT2D eigenvalue weighted by molar-refractivity contribution is 0.0695. The third-order valence-electron chi connectivity index (χ3n) is 2.07. The van der Waals surface area contributed by atoms with E-state index in [1.807, 2.05) is 6.92 Å². The average molecular weight is 303 g/mol. The van der Waals surface area contributed by atoms with Gasteiger partial charge in [-0.05, 0) is 41.1 Å². The van der Waals surface area contributed by atoms with E-state index in [1.54, 1.807) is 12.1 Å². The molecule has 1 aromatic rings. The minimum Gasteiger partial charge on any atom is -0.493 e. The van der Waals surface area contributed by atoms with Gasteiger partial charge in [-0.15, -0.1) is 0 Å². The monoisotopic (exact) mass is 302 g/mol. The molecule has 0 aliphatic heterocycles. The van der Waals surface area contributed by atoms with E-state index >= 15 is 0 Å². The lowest BCUT2D eigenvalue weighted by Crippen LogP contribution is -2.04. The van der Waals surface area contributed by atoms with Crippen LogP contribution in [0.15, 0.2) is 22.7 Å². The number of halogens is 1. The van der Waals surface area contributed by atoms with Crippen molar-refractivity contribution in [2.24, 2.45) is 0 Å². The van der Waals surface area contributed by atoms with Crippen molar-refractivity contribution in [2.75, 3.05) is 19.8 Å². The predicted molar refractivity (Wildman–Crippen MR) is 67.7 cm³/mol. The highest BCUT2D eigenvalue weighted by Crippen LogP contribution is 2.22. The first-order valence-electron chi connectivity index (χ1n) is 5.38. The number of ether oxygens (including phenoxy) is 2. The number of benzene rings is 1. The molecule has 0 aromatic heterocycles. The Bertz CT molecular complexity index is 379. The smallest absolute Gasteiger partial charge is 0.336 e. The minimum atomic E-state index is -0.975. The maximum atomic E-state index is 10.9. The van der Waals surface area contributed by atoms with Gasteiger partial charge >= 0.3 is 5.97 Å². The molecule has 0 unspecified atom stereocenters. The van der Waals surface area contributed by atoms with E-state index in [9.17, 15) is 4.79 Å². The van der Waals surface area contributed by atoms with Gasteiger partial charge in [0, 0.05) is 24.1 Å². The lowest BCUT2D eigenvalue weighted by Gasteiger charge is -2.07. The zero-order valence-corrected chi connectivity index (χ0v) is 11.2. The van der Waals surface area contributed by atoms with Crippen LogP contribution < -0.4 is 4.74 Å². The van der Waals surface area contributed by atoms with Crippen LogP contribution in [0.1, 0.15) is 23.7 Å². The lowest BCUT2D eigenvalue weighted by atomic mass is 10.2. The van der Waals surface area contributed by atoms with Gasteiger partial charge in [0.05, 0.1) is 12.2 Å². The molecule has 0 fully saturated rings. The summed E-state index contributed by atoms with van der Waals surface area (Å²) in [6.45, 7) is 3.80. The van der Waals surface area contributed by atoms with Crippen LogP contribution in [0.2, 0.25) is 0 Å². The fraction of sp³-hybridized carbons (Fsp3) is 0.417. The maximum Gasteiger partial charge on any atom is 0.336 e. The van der Waals surface area contributed by atoms with Crippen molar-refractivity contribution < 1.29 is 19.4 Å². The summed E-state index contributed by atoms with van der Waals surface area (Å²) in [6.07, 6.45) is 0.784. The summed E-state index contributed by atoms with van der Waals surface area (Å²) in [5.41, 5.74) is 0.201. The van der Waals surface area contributed by atoms with Crippen LogP contribution >= 0.6 is 15.9 Å². The van der Waals surface area contributed by atoms with Crippen molar-refractivity contribution in [1.82, 2.24) is 0 Å². The summed E-state index contributed by atoms with van der Waals surface area (Å²) in [7, 11) is 0. The summed E-state index contributed by atoms with van der Waals surface area (Å²) < 4.78 is 11.2. The maximum absolute atomic E-state index is 10.9. The molecule has 0 saturated carbocycles. The molecule has 5 heteroatoms. The molecule has 0 aliphatic carbocycles. The van der Waals surface area contributed by atoms with E-state index in [4.69, 9.17) is 14.6 Å². The van der Waals surface area contributed by atoms with Gasteiger partial charge in [-0.1, -0.05) is 0 Å². The van der Waals surface area contributed by atoms with Crippen LogP contribution in [-0.2, 0) is 4.74 Å². The third-order valence-corrected chi connectivity index (χ3v) is 2.77. The molecule has 0 atom stereocenters. The summed E-state index contributed by atoms with van der Waals surface area (Å²) in [5, 5.41) is 8.93. The topological polar surface area (TPSA) is 55.8 Å². The average Bonchev–Trinajstić information content (AvgIpc) is 2.30. The van der Waals surface area contributed by atoms with Crippen LogP contribution in [0.5, 0.6) is 5.75 Å². The van der Waals surface area contributed by atoms with E-state index in [0.29, 0.717) is 30.0 Å². The van der Waals surface area contributed by atoms with Crippen LogP contribution in [0, 0.1) is 0 Å². The Balaban J connectivity index is 2.49. The molecule has 1 rings (SSSR count). The second-order valence-electron chi connectivity index (χ2n) is 3.35. The Hall–Kier alpha value is -1.07. The number of carbonyl (C=O) groups is 1. The highest BCUT2D eigenvalue weighted by atomic mass is 79.9. The Morgan fingerprint density at radius 3 is 2.82 bits per heavy atom. The standard InChI is InChI=1S/C12H15BrO4/c1-2-16-6-3-7-17-9-4-5-11(13)10(8-9)12(14)15/h4-5,8H,2-3,6-7H2,1H3,(H,14,15). The molecular formula is C12H15BrO4. The van der Waals surface area contributed by atoms with Gasteiger partial charge in [0.15, 0.2) is 0 Å². The van der Waals surface area contributed by atoms with Crippen molar-refractivity contribution in [1.29, 1.82) is 0 Å². The van der Waals surface area contributed by atoms with Crippen molar-refractivity contribution in [3.8, 4) is 5.75 Å². The number of carboxylic acids is 1. The second-order valence-corrected chi connectivity index (χ2v) is 4.20. The molecule has 94 valence electrons. The summed E-state index contributed by atoms with van der Waals surface area (Å²) in [6, 6.07) is 4.91. The molecule has 0 amide bonds. The number of hydrogen-bond donors (Lipinski definition) is 1. The summed E-state index contributed by atoms with van der Waals surface area (Å²) in [4.78, 5) is 10.9. The largest absolute Gasteiger partial charge is 0.493 e. The third kappa shape index (κ3) is 4.75. The van der Waals surface area contributed by atoms with Crippen molar-refractivity contribution in [3.63, 3.8) is 0 Å². The molecule has 0 heterocycles. The fourth-order valence-corrected chi connectivity index (χ4v) is 1.67. The van der Waals surface area contributed by atoms with Gasteiger partial charge in [-0.25, -0.2) is 4.79 Å². The van der Waals surface area contributed by atoms with Crippen molar-refractivity contribution >= 4 is 21.9 Å². The van der Waals surface area contributed by atoms with E-state index < -0.39 is 5.97 Å². The van der Waals surface area contributed by atoms with E-state index in [1.165, 1.54) is 6.07 Å². The van der Waals surface area contributed by atoms with E-state index in [-0.39, 0.29) is 5.56 Å². The molecule has 1 aromatic carbocycles. The predicted octanol–water partition coefficient (Wildman–Crippen LogP) is 2.95. The Labute approximate surface area is 109 Å². The molecule has 1 N–H and O–H groups in total. The minimum absolute atomic E-state index is 0.201. The molecular weight excluding hydrogens is 288 g/mol. The first-order valence-corrected chi connectivity index (χ1v) is 6.18. The van der Waals surface area contributed by atoms with Crippen LogP contribution in [0.25, 0.3) is 0 Å². The molecule has 17 heavy (non-hydrogen) atoms. The van der Waals surface area contributed by atoms with Crippen LogP contribution in [-0.4, -0.2) is 30.9 Å². The first-order chi connectivity index (χ1) is 8.15. The summed E-state index contributed by atoms with van der Waals surface area (Å²) >= 11 is 3.18. The number of aromatic carboxylic acids is 1. The van der Waals surface area contributed by atoms with Crippen molar-refractivity contribution in [3.05, 3.63) is 28.2 Å². The van der Waals surface area contributed by atoms with Gasteiger partial charge in [-0.3, -0.25) is 0 Å². The van der Waals surface area contributed by atoms with Gasteiger partial charge in [0.1, 0.15) is 5.75 Å². The van der Waals surface area contributed by atoms with Crippen LogP contribution in [0.3, 0.4) is 0 Å². The Kier molecular flexibility index (Phi) is 6.00.